The summed E-state index contributed by atoms with van der Waals surface area (Å²) in [6, 6.07) is 10.2. The summed E-state index contributed by atoms with van der Waals surface area (Å²) in [5, 5.41) is 1.14. The third kappa shape index (κ3) is 2.70. The van der Waals surface area contributed by atoms with Crippen LogP contribution in [0.3, 0.4) is 0 Å². The van der Waals surface area contributed by atoms with Crippen molar-refractivity contribution in [3.8, 4) is 0 Å². The van der Waals surface area contributed by atoms with Crippen LogP contribution in [0.25, 0.3) is 10.9 Å². The van der Waals surface area contributed by atoms with E-state index in [0.717, 1.165) is 23.7 Å². The zero-order valence-electron chi connectivity index (χ0n) is 10.3. The standard InChI is InChI=1S/C15H17NO/c1-3-13(11(2)17)9-12-6-7-15-14(10-12)5-4-8-16-15/h4-8,10,13H,3,9H2,1-2H3. The van der Waals surface area contributed by atoms with E-state index in [1.807, 2.05) is 12.1 Å². The Morgan fingerprint density at radius 2 is 2.18 bits per heavy atom. The highest BCUT2D eigenvalue weighted by molar-refractivity contribution is 5.80. The minimum atomic E-state index is 0.143. The molecule has 1 unspecified atom stereocenters. The summed E-state index contributed by atoms with van der Waals surface area (Å²) >= 11 is 0. The molecule has 0 fully saturated rings. The van der Waals surface area contributed by atoms with Crippen molar-refractivity contribution >= 4 is 16.7 Å². The van der Waals surface area contributed by atoms with Gasteiger partial charge >= 0.3 is 0 Å². The molecule has 0 radical (unpaired) electrons. The van der Waals surface area contributed by atoms with Crippen molar-refractivity contribution in [3.63, 3.8) is 0 Å². The second-order valence-electron chi connectivity index (χ2n) is 4.45. The summed E-state index contributed by atoms with van der Waals surface area (Å²) in [6.07, 6.45) is 3.53. The Balaban J connectivity index is 2.27. The lowest BCUT2D eigenvalue weighted by Crippen LogP contribution is -2.12. The van der Waals surface area contributed by atoms with Crippen molar-refractivity contribution in [1.82, 2.24) is 4.98 Å². The molecule has 2 aromatic rings. The molecule has 1 atom stereocenters. The molecule has 0 spiro atoms. The molecule has 2 nitrogen and oxygen atoms in total. The van der Waals surface area contributed by atoms with Crippen molar-refractivity contribution in [3.05, 3.63) is 42.1 Å². The Hall–Kier alpha value is -1.70. The van der Waals surface area contributed by atoms with Crippen LogP contribution in [0.2, 0.25) is 0 Å². The maximum absolute atomic E-state index is 11.4. The average Bonchev–Trinajstić information content (AvgIpc) is 2.35. The summed E-state index contributed by atoms with van der Waals surface area (Å²) in [6.45, 7) is 3.74. The van der Waals surface area contributed by atoms with Gasteiger partial charge in [-0.3, -0.25) is 9.78 Å². The summed E-state index contributed by atoms with van der Waals surface area (Å²) in [5.41, 5.74) is 2.22. The van der Waals surface area contributed by atoms with Crippen LogP contribution in [0.1, 0.15) is 25.8 Å². The number of hydrogen-bond acceptors (Lipinski definition) is 2. The highest BCUT2D eigenvalue weighted by atomic mass is 16.1. The quantitative estimate of drug-likeness (QED) is 0.801. The van der Waals surface area contributed by atoms with Gasteiger partial charge in [-0.15, -0.1) is 0 Å². The second kappa shape index (κ2) is 5.09. The van der Waals surface area contributed by atoms with E-state index in [1.54, 1.807) is 13.1 Å². The average molecular weight is 227 g/mol. The minimum absolute atomic E-state index is 0.143. The maximum atomic E-state index is 11.4. The normalized spacial score (nSPS) is 12.6. The number of pyridine rings is 1. The monoisotopic (exact) mass is 227 g/mol. The topological polar surface area (TPSA) is 30.0 Å². The van der Waals surface area contributed by atoms with Gasteiger partial charge in [0, 0.05) is 17.5 Å². The van der Waals surface area contributed by atoms with Crippen LogP contribution in [0.5, 0.6) is 0 Å². The van der Waals surface area contributed by atoms with Gasteiger partial charge in [-0.25, -0.2) is 0 Å². The second-order valence-corrected chi connectivity index (χ2v) is 4.45. The first kappa shape index (κ1) is 11.8. The number of hydrogen-bond donors (Lipinski definition) is 0. The lowest BCUT2D eigenvalue weighted by Gasteiger charge is -2.11. The van der Waals surface area contributed by atoms with Gasteiger partial charge < -0.3 is 0 Å². The van der Waals surface area contributed by atoms with Crippen LogP contribution in [-0.4, -0.2) is 10.8 Å². The number of ketones is 1. The molecule has 0 aliphatic rings. The molecule has 1 aromatic heterocycles. The van der Waals surface area contributed by atoms with Gasteiger partial charge in [0.1, 0.15) is 5.78 Å². The molecule has 0 saturated heterocycles. The number of nitrogens with zero attached hydrogens (tertiary/aromatic N) is 1. The predicted octanol–water partition coefficient (Wildman–Crippen LogP) is 3.39. The number of fused-ring (bicyclic) bond motifs is 1. The lowest BCUT2D eigenvalue weighted by atomic mass is 9.93. The van der Waals surface area contributed by atoms with Gasteiger partial charge in [-0.05, 0) is 43.5 Å². The highest BCUT2D eigenvalue weighted by Gasteiger charge is 2.12. The predicted molar refractivity (Wildman–Crippen MR) is 69.9 cm³/mol. The van der Waals surface area contributed by atoms with Crippen LogP contribution >= 0.6 is 0 Å². The molecule has 0 saturated carbocycles. The Morgan fingerprint density at radius 1 is 1.35 bits per heavy atom. The fourth-order valence-corrected chi connectivity index (χ4v) is 2.11. The molecular weight excluding hydrogens is 210 g/mol. The van der Waals surface area contributed by atoms with E-state index >= 15 is 0 Å². The fourth-order valence-electron chi connectivity index (χ4n) is 2.11. The molecule has 1 heterocycles. The molecule has 0 N–H and O–H groups in total. The Labute approximate surface area is 102 Å². The van der Waals surface area contributed by atoms with E-state index in [0.29, 0.717) is 0 Å². The van der Waals surface area contributed by atoms with Crippen LogP contribution in [0, 0.1) is 5.92 Å². The molecule has 0 aliphatic carbocycles. The van der Waals surface area contributed by atoms with Gasteiger partial charge in [0.05, 0.1) is 5.52 Å². The van der Waals surface area contributed by atoms with Gasteiger partial charge in [-0.1, -0.05) is 19.1 Å². The van der Waals surface area contributed by atoms with Crippen molar-refractivity contribution in [1.29, 1.82) is 0 Å². The molecule has 17 heavy (non-hydrogen) atoms. The maximum Gasteiger partial charge on any atom is 0.133 e. The summed E-state index contributed by atoms with van der Waals surface area (Å²) in [7, 11) is 0. The summed E-state index contributed by atoms with van der Waals surface area (Å²) in [4.78, 5) is 15.7. The highest BCUT2D eigenvalue weighted by Crippen LogP contribution is 2.18. The number of Topliss-reactive ketones (excluding diaryl/α,β-unsaturated/α-hetero) is 1. The third-order valence-corrected chi connectivity index (χ3v) is 3.22. The van der Waals surface area contributed by atoms with Gasteiger partial charge in [0.25, 0.3) is 0 Å². The van der Waals surface area contributed by atoms with Gasteiger partial charge in [-0.2, -0.15) is 0 Å². The van der Waals surface area contributed by atoms with Crippen molar-refractivity contribution in [2.24, 2.45) is 5.92 Å². The molecular formula is C15H17NO. The van der Waals surface area contributed by atoms with Crippen LogP contribution in [0.15, 0.2) is 36.5 Å². The van der Waals surface area contributed by atoms with E-state index in [4.69, 9.17) is 0 Å². The number of carbonyl (C=O) groups is 1. The van der Waals surface area contributed by atoms with E-state index in [2.05, 4.69) is 30.1 Å². The Kier molecular flexibility index (Phi) is 3.52. The fraction of sp³-hybridized carbons (Fsp3) is 0.333. The van der Waals surface area contributed by atoms with Crippen molar-refractivity contribution in [2.75, 3.05) is 0 Å². The Bertz CT molecular complexity index is 533. The molecule has 1 aromatic carbocycles. The van der Waals surface area contributed by atoms with Crippen LogP contribution < -0.4 is 0 Å². The first-order chi connectivity index (χ1) is 8.20. The largest absolute Gasteiger partial charge is 0.300 e. The van der Waals surface area contributed by atoms with E-state index in [-0.39, 0.29) is 11.7 Å². The summed E-state index contributed by atoms with van der Waals surface area (Å²) < 4.78 is 0. The molecule has 0 aliphatic heterocycles. The molecule has 0 amide bonds. The number of carbonyl (C=O) groups excluding carboxylic acids is 1. The zero-order chi connectivity index (χ0) is 12.3. The molecule has 88 valence electrons. The Morgan fingerprint density at radius 3 is 2.88 bits per heavy atom. The molecule has 0 bridgehead atoms. The van der Waals surface area contributed by atoms with Crippen molar-refractivity contribution in [2.45, 2.75) is 26.7 Å². The number of benzene rings is 1. The van der Waals surface area contributed by atoms with Crippen molar-refractivity contribution < 1.29 is 4.79 Å². The van der Waals surface area contributed by atoms with E-state index in [1.165, 1.54) is 5.56 Å². The number of rotatable bonds is 4. The van der Waals surface area contributed by atoms with Crippen LogP contribution in [-0.2, 0) is 11.2 Å². The van der Waals surface area contributed by atoms with E-state index in [9.17, 15) is 4.79 Å². The SMILES string of the molecule is CCC(Cc1ccc2ncccc2c1)C(C)=O. The summed E-state index contributed by atoms with van der Waals surface area (Å²) in [5.74, 6) is 0.419. The smallest absolute Gasteiger partial charge is 0.133 e. The van der Waals surface area contributed by atoms with E-state index < -0.39 is 0 Å². The first-order valence-corrected chi connectivity index (χ1v) is 6.05. The molecule has 2 rings (SSSR count). The first-order valence-electron chi connectivity index (χ1n) is 6.05. The minimum Gasteiger partial charge on any atom is -0.300 e. The zero-order valence-corrected chi connectivity index (χ0v) is 10.3. The van der Waals surface area contributed by atoms with Crippen LogP contribution in [0.4, 0.5) is 0 Å². The van der Waals surface area contributed by atoms with Gasteiger partial charge in [0.2, 0.25) is 0 Å². The number of aromatic nitrogens is 1. The lowest BCUT2D eigenvalue weighted by molar-refractivity contribution is -0.120. The van der Waals surface area contributed by atoms with Gasteiger partial charge in [0.15, 0.2) is 0 Å². The molecule has 2 heteroatoms. The third-order valence-electron chi connectivity index (χ3n) is 3.22.